The summed E-state index contributed by atoms with van der Waals surface area (Å²) < 4.78 is 11.1. The van der Waals surface area contributed by atoms with Gasteiger partial charge in [-0.3, -0.25) is 0 Å². The van der Waals surface area contributed by atoms with Gasteiger partial charge >= 0.3 is 0 Å². The van der Waals surface area contributed by atoms with Crippen LogP contribution in [-0.2, 0) is 6.42 Å². The van der Waals surface area contributed by atoms with Crippen molar-refractivity contribution in [3.63, 3.8) is 0 Å². The summed E-state index contributed by atoms with van der Waals surface area (Å²) in [5.74, 6) is 1.77. The molecule has 0 aliphatic carbocycles. The Morgan fingerprint density at radius 2 is 2.00 bits per heavy atom. The standard InChI is InChI=1S/C17H15N3O2/c1-11-7-8-13-9-14(10-18-16(13)21-11)17-19-15(20-22-17)12-5-3-2-4-6-12/h2-6,9-11H,7-8H2,1H3. The highest BCUT2D eigenvalue weighted by atomic mass is 16.5. The topological polar surface area (TPSA) is 61.0 Å². The van der Waals surface area contributed by atoms with Crippen LogP contribution in [0.2, 0.25) is 0 Å². The molecular weight excluding hydrogens is 278 g/mol. The second-order valence-electron chi connectivity index (χ2n) is 5.44. The minimum Gasteiger partial charge on any atom is -0.474 e. The maximum absolute atomic E-state index is 5.72. The van der Waals surface area contributed by atoms with E-state index in [2.05, 4.69) is 22.0 Å². The Balaban J connectivity index is 1.67. The second-order valence-corrected chi connectivity index (χ2v) is 5.44. The number of fused-ring (bicyclic) bond motifs is 1. The average Bonchev–Trinajstić information content (AvgIpc) is 3.05. The van der Waals surface area contributed by atoms with E-state index in [1.807, 2.05) is 36.4 Å². The molecule has 2 aromatic heterocycles. The molecule has 0 amide bonds. The molecule has 3 aromatic rings. The first-order valence-corrected chi connectivity index (χ1v) is 7.35. The van der Waals surface area contributed by atoms with Gasteiger partial charge in [0.05, 0.1) is 11.7 Å². The van der Waals surface area contributed by atoms with Crippen LogP contribution in [0, 0.1) is 0 Å². The summed E-state index contributed by atoms with van der Waals surface area (Å²) in [6.45, 7) is 2.06. The van der Waals surface area contributed by atoms with Crippen molar-refractivity contribution >= 4 is 0 Å². The van der Waals surface area contributed by atoms with Crippen molar-refractivity contribution in [1.82, 2.24) is 15.1 Å². The van der Waals surface area contributed by atoms with Crippen LogP contribution in [-0.4, -0.2) is 21.2 Å². The molecule has 0 bridgehead atoms. The number of hydrogen-bond donors (Lipinski definition) is 0. The van der Waals surface area contributed by atoms with Gasteiger partial charge in [-0.1, -0.05) is 35.5 Å². The molecule has 0 fully saturated rings. The van der Waals surface area contributed by atoms with Crippen molar-refractivity contribution in [2.45, 2.75) is 25.9 Å². The summed E-state index contributed by atoms with van der Waals surface area (Å²) in [6, 6.07) is 11.8. The van der Waals surface area contributed by atoms with E-state index in [9.17, 15) is 0 Å². The minimum atomic E-state index is 0.221. The summed E-state index contributed by atoms with van der Waals surface area (Å²) in [7, 11) is 0. The molecule has 110 valence electrons. The van der Waals surface area contributed by atoms with Crippen molar-refractivity contribution in [1.29, 1.82) is 0 Å². The molecule has 1 unspecified atom stereocenters. The SMILES string of the molecule is CC1CCc2cc(-c3nc(-c4ccccc4)no3)cnc2O1. The summed E-state index contributed by atoms with van der Waals surface area (Å²) in [5.41, 5.74) is 2.85. The van der Waals surface area contributed by atoms with Crippen LogP contribution in [0.15, 0.2) is 47.1 Å². The highest BCUT2D eigenvalue weighted by molar-refractivity contribution is 5.60. The fraction of sp³-hybridized carbons (Fsp3) is 0.235. The number of rotatable bonds is 2. The lowest BCUT2D eigenvalue weighted by Gasteiger charge is -2.21. The minimum absolute atomic E-state index is 0.221. The number of ether oxygens (including phenoxy) is 1. The number of aryl methyl sites for hydroxylation is 1. The average molecular weight is 293 g/mol. The molecule has 0 saturated carbocycles. The van der Waals surface area contributed by atoms with Crippen LogP contribution in [0.3, 0.4) is 0 Å². The third-order valence-corrected chi connectivity index (χ3v) is 3.76. The normalized spacial score (nSPS) is 16.9. The van der Waals surface area contributed by atoms with Crippen LogP contribution in [0.5, 0.6) is 5.88 Å². The first kappa shape index (κ1) is 13.0. The van der Waals surface area contributed by atoms with Gasteiger partial charge in [-0.2, -0.15) is 4.98 Å². The molecule has 0 N–H and O–H groups in total. The highest BCUT2D eigenvalue weighted by Gasteiger charge is 2.19. The van der Waals surface area contributed by atoms with Crippen molar-refractivity contribution in [2.24, 2.45) is 0 Å². The van der Waals surface area contributed by atoms with Gasteiger partial charge in [0, 0.05) is 17.3 Å². The first-order valence-electron chi connectivity index (χ1n) is 7.35. The monoisotopic (exact) mass is 293 g/mol. The summed E-state index contributed by atoms with van der Waals surface area (Å²) in [6.07, 6.45) is 3.90. The number of pyridine rings is 1. The lowest BCUT2D eigenvalue weighted by atomic mass is 10.0. The molecule has 0 saturated heterocycles. The second kappa shape index (κ2) is 5.26. The third kappa shape index (κ3) is 2.35. The zero-order valence-electron chi connectivity index (χ0n) is 12.2. The maximum atomic E-state index is 5.72. The van der Waals surface area contributed by atoms with E-state index in [1.165, 1.54) is 0 Å². The predicted molar refractivity (Wildman–Crippen MR) is 81.4 cm³/mol. The lowest BCUT2D eigenvalue weighted by molar-refractivity contribution is 0.183. The van der Waals surface area contributed by atoms with E-state index < -0.39 is 0 Å². The Morgan fingerprint density at radius 1 is 1.14 bits per heavy atom. The highest BCUT2D eigenvalue weighted by Crippen LogP contribution is 2.29. The van der Waals surface area contributed by atoms with Crippen LogP contribution >= 0.6 is 0 Å². The Bertz CT molecular complexity index is 799. The zero-order chi connectivity index (χ0) is 14.9. The van der Waals surface area contributed by atoms with Crippen molar-refractivity contribution in [2.75, 3.05) is 0 Å². The van der Waals surface area contributed by atoms with E-state index in [0.717, 1.165) is 29.5 Å². The largest absolute Gasteiger partial charge is 0.474 e. The molecule has 22 heavy (non-hydrogen) atoms. The first-order chi connectivity index (χ1) is 10.8. The van der Waals surface area contributed by atoms with Gasteiger partial charge in [0.2, 0.25) is 11.7 Å². The third-order valence-electron chi connectivity index (χ3n) is 3.76. The van der Waals surface area contributed by atoms with Crippen molar-refractivity contribution in [3.05, 3.63) is 48.2 Å². The molecular formula is C17H15N3O2. The van der Waals surface area contributed by atoms with Gasteiger partial charge in [0.25, 0.3) is 5.89 Å². The molecule has 1 aromatic carbocycles. The zero-order valence-corrected chi connectivity index (χ0v) is 12.2. The fourth-order valence-electron chi connectivity index (χ4n) is 2.55. The van der Waals surface area contributed by atoms with Gasteiger partial charge in [0.15, 0.2) is 0 Å². The molecule has 0 radical (unpaired) electrons. The van der Waals surface area contributed by atoms with Gasteiger partial charge in [-0.25, -0.2) is 4.98 Å². The smallest absolute Gasteiger partial charge is 0.259 e. The Kier molecular flexibility index (Phi) is 3.11. The van der Waals surface area contributed by atoms with E-state index in [0.29, 0.717) is 17.6 Å². The van der Waals surface area contributed by atoms with E-state index >= 15 is 0 Å². The van der Waals surface area contributed by atoms with E-state index in [1.54, 1.807) is 6.20 Å². The molecule has 0 spiro atoms. The Hall–Kier alpha value is -2.69. The number of nitrogens with zero attached hydrogens (tertiary/aromatic N) is 3. The van der Waals surface area contributed by atoms with Crippen LogP contribution in [0.25, 0.3) is 22.8 Å². The summed E-state index contributed by atoms with van der Waals surface area (Å²) in [5, 5.41) is 4.04. The van der Waals surface area contributed by atoms with Crippen molar-refractivity contribution in [3.8, 4) is 28.7 Å². The summed E-state index contributed by atoms with van der Waals surface area (Å²) in [4.78, 5) is 8.83. The molecule has 1 aliphatic heterocycles. The predicted octanol–water partition coefficient (Wildman–Crippen LogP) is 3.51. The van der Waals surface area contributed by atoms with E-state index in [4.69, 9.17) is 9.26 Å². The Labute approximate surface area is 128 Å². The van der Waals surface area contributed by atoms with Crippen LogP contribution in [0.4, 0.5) is 0 Å². The van der Waals surface area contributed by atoms with Crippen LogP contribution in [0.1, 0.15) is 18.9 Å². The quantitative estimate of drug-likeness (QED) is 0.723. The molecule has 5 heteroatoms. The lowest BCUT2D eigenvalue weighted by Crippen LogP contribution is -2.19. The van der Waals surface area contributed by atoms with Crippen molar-refractivity contribution < 1.29 is 9.26 Å². The molecule has 5 nitrogen and oxygen atoms in total. The number of hydrogen-bond acceptors (Lipinski definition) is 5. The Morgan fingerprint density at radius 3 is 2.86 bits per heavy atom. The van der Waals surface area contributed by atoms with Crippen LogP contribution < -0.4 is 4.74 Å². The maximum Gasteiger partial charge on any atom is 0.259 e. The molecule has 4 rings (SSSR count). The summed E-state index contributed by atoms with van der Waals surface area (Å²) >= 11 is 0. The van der Waals surface area contributed by atoms with Gasteiger partial charge in [-0.15, -0.1) is 0 Å². The molecule has 3 heterocycles. The van der Waals surface area contributed by atoms with E-state index in [-0.39, 0.29) is 6.10 Å². The van der Waals surface area contributed by atoms with Gasteiger partial charge < -0.3 is 9.26 Å². The molecule has 1 aliphatic rings. The molecule has 1 atom stereocenters. The van der Waals surface area contributed by atoms with Gasteiger partial charge in [-0.05, 0) is 25.8 Å². The van der Waals surface area contributed by atoms with Gasteiger partial charge in [0.1, 0.15) is 0 Å². The fourth-order valence-corrected chi connectivity index (χ4v) is 2.55. The number of benzene rings is 1. The number of aromatic nitrogens is 3.